The van der Waals surface area contributed by atoms with Gasteiger partial charge < -0.3 is 29.3 Å². The summed E-state index contributed by atoms with van der Waals surface area (Å²) in [4.78, 5) is 27.6. The first-order chi connectivity index (χ1) is 11.8. The molecule has 0 saturated carbocycles. The second kappa shape index (κ2) is 10.1. The third kappa shape index (κ3) is 6.26. The van der Waals surface area contributed by atoms with Crippen molar-refractivity contribution in [2.45, 2.75) is 39.8 Å². The van der Waals surface area contributed by atoms with E-state index in [2.05, 4.69) is 0 Å². The van der Waals surface area contributed by atoms with Crippen molar-refractivity contribution in [1.82, 2.24) is 9.80 Å². The maximum Gasteiger partial charge on any atom is 0.409 e. The quantitative estimate of drug-likeness (QED) is 0.632. The van der Waals surface area contributed by atoms with Crippen LogP contribution in [0.15, 0.2) is 0 Å². The number of carbonyl (C=O) groups is 2. The third-order valence-corrected chi connectivity index (χ3v) is 5.97. The fourth-order valence-corrected chi connectivity index (χ4v) is 4.44. The van der Waals surface area contributed by atoms with Gasteiger partial charge in [0.25, 0.3) is 0 Å². The normalized spacial score (nSPS) is 19.6. The first-order valence-electron chi connectivity index (χ1n) is 8.63. The van der Waals surface area contributed by atoms with Crippen molar-refractivity contribution < 1.29 is 27.9 Å². The average Bonchev–Trinajstić information content (AvgIpc) is 2.54. The van der Waals surface area contributed by atoms with Gasteiger partial charge in [-0.3, -0.25) is 9.36 Å². The molecule has 2 unspecified atom stereocenters. The fraction of sp³-hybridized carbons (Fsp3) is 0.867. The SMILES string of the molecule is CCOC(=O)N1CCN(C(=O)C(N)CP(=O)(OCC)OCC)C(C)C1. The Balaban J connectivity index is 2.67. The number of rotatable bonds is 8. The Hall–Kier alpha value is -1.15. The van der Waals surface area contributed by atoms with E-state index in [-0.39, 0.29) is 37.4 Å². The molecule has 2 amide bonds. The maximum atomic E-state index is 12.6. The fourth-order valence-electron chi connectivity index (χ4n) is 2.73. The number of carbonyl (C=O) groups excluding carboxylic acids is 2. The first-order valence-corrected chi connectivity index (χ1v) is 10.4. The topological polar surface area (TPSA) is 111 Å². The van der Waals surface area contributed by atoms with Gasteiger partial charge in [-0.15, -0.1) is 0 Å². The number of nitrogens with two attached hydrogens (primary N) is 1. The Morgan fingerprint density at radius 1 is 1.16 bits per heavy atom. The molecular weight excluding hydrogens is 349 g/mol. The largest absolute Gasteiger partial charge is 0.450 e. The molecular formula is C15H30N3O6P. The Labute approximate surface area is 149 Å². The molecule has 1 aliphatic heterocycles. The van der Waals surface area contributed by atoms with E-state index in [0.29, 0.717) is 26.2 Å². The molecule has 2 atom stereocenters. The molecule has 0 aromatic rings. The van der Waals surface area contributed by atoms with Gasteiger partial charge in [0.1, 0.15) is 0 Å². The molecule has 2 N–H and O–H groups in total. The van der Waals surface area contributed by atoms with Gasteiger partial charge in [0.15, 0.2) is 0 Å². The number of hydrogen-bond acceptors (Lipinski definition) is 7. The number of amides is 2. The van der Waals surface area contributed by atoms with Gasteiger partial charge in [-0.05, 0) is 27.7 Å². The molecule has 0 bridgehead atoms. The lowest BCUT2D eigenvalue weighted by Gasteiger charge is -2.40. The summed E-state index contributed by atoms with van der Waals surface area (Å²) in [6.45, 7) is 8.81. The number of piperazine rings is 1. The standard InChI is InChI=1S/C15H30N3O6P/c1-5-22-15(20)17-8-9-18(12(4)10-17)14(19)13(16)11-25(21,23-6-2)24-7-3/h12-13H,5-11,16H2,1-4H3. The second-order valence-corrected chi connectivity index (χ2v) is 7.86. The van der Waals surface area contributed by atoms with Crippen molar-refractivity contribution in [2.75, 3.05) is 45.6 Å². The molecule has 9 nitrogen and oxygen atoms in total. The second-order valence-electron chi connectivity index (χ2n) is 5.76. The monoisotopic (exact) mass is 379 g/mol. The molecule has 0 aliphatic carbocycles. The molecule has 1 heterocycles. The van der Waals surface area contributed by atoms with Crippen LogP contribution in [0.5, 0.6) is 0 Å². The minimum absolute atomic E-state index is 0.168. The summed E-state index contributed by atoms with van der Waals surface area (Å²) in [5.41, 5.74) is 5.97. The highest BCUT2D eigenvalue weighted by Gasteiger charge is 2.36. The summed E-state index contributed by atoms with van der Waals surface area (Å²) in [5, 5.41) is 0. The van der Waals surface area contributed by atoms with Crippen molar-refractivity contribution in [3.8, 4) is 0 Å². The lowest BCUT2D eigenvalue weighted by atomic mass is 10.1. The smallest absolute Gasteiger partial charge is 0.409 e. The minimum Gasteiger partial charge on any atom is -0.450 e. The van der Waals surface area contributed by atoms with Crippen LogP contribution in [0.25, 0.3) is 0 Å². The molecule has 1 aliphatic rings. The number of hydrogen-bond donors (Lipinski definition) is 1. The number of nitrogens with zero attached hydrogens (tertiary/aromatic N) is 2. The van der Waals surface area contributed by atoms with E-state index in [4.69, 9.17) is 19.5 Å². The van der Waals surface area contributed by atoms with Gasteiger partial charge >= 0.3 is 13.7 Å². The highest BCUT2D eigenvalue weighted by molar-refractivity contribution is 7.53. The first kappa shape index (κ1) is 21.9. The molecule has 0 aromatic carbocycles. The van der Waals surface area contributed by atoms with E-state index in [0.717, 1.165) is 0 Å². The number of ether oxygens (including phenoxy) is 1. The minimum atomic E-state index is -3.39. The maximum absolute atomic E-state index is 12.6. The van der Waals surface area contributed by atoms with Crippen LogP contribution in [0.3, 0.4) is 0 Å². The molecule has 10 heteroatoms. The molecule has 0 aromatic heterocycles. The van der Waals surface area contributed by atoms with Gasteiger partial charge in [-0.1, -0.05) is 0 Å². The van der Waals surface area contributed by atoms with Gasteiger partial charge in [0.05, 0.1) is 32.0 Å². The lowest BCUT2D eigenvalue weighted by Crippen LogP contribution is -2.59. The van der Waals surface area contributed by atoms with Crippen LogP contribution in [0, 0.1) is 0 Å². The Morgan fingerprint density at radius 3 is 2.24 bits per heavy atom. The summed E-state index contributed by atoms with van der Waals surface area (Å²) in [7, 11) is -3.39. The molecule has 0 radical (unpaired) electrons. The van der Waals surface area contributed by atoms with Gasteiger partial charge in [0, 0.05) is 25.7 Å². The molecule has 146 valence electrons. The highest BCUT2D eigenvalue weighted by Crippen LogP contribution is 2.48. The summed E-state index contributed by atoms with van der Waals surface area (Å²) in [6.07, 6.45) is -0.554. The summed E-state index contributed by atoms with van der Waals surface area (Å²) in [6, 6.07) is -1.20. The van der Waals surface area contributed by atoms with Gasteiger partial charge in [-0.2, -0.15) is 0 Å². The summed E-state index contributed by atoms with van der Waals surface area (Å²) in [5.74, 6) is -0.323. The zero-order chi connectivity index (χ0) is 19.0. The van der Waals surface area contributed by atoms with E-state index < -0.39 is 13.6 Å². The predicted octanol–water partition coefficient (Wildman–Crippen LogP) is 1.27. The molecule has 0 spiro atoms. The van der Waals surface area contributed by atoms with Crippen LogP contribution in [0.1, 0.15) is 27.7 Å². The average molecular weight is 379 g/mol. The molecule has 1 saturated heterocycles. The van der Waals surface area contributed by atoms with E-state index in [1.165, 1.54) is 0 Å². The van der Waals surface area contributed by atoms with Gasteiger partial charge in [-0.25, -0.2) is 4.79 Å². The molecule has 25 heavy (non-hydrogen) atoms. The van der Waals surface area contributed by atoms with Crippen LogP contribution in [-0.4, -0.2) is 79.5 Å². The Morgan fingerprint density at radius 2 is 1.76 bits per heavy atom. The molecule has 1 fully saturated rings. The highest BCUT2D eigenvalue weighted by atomic mass is 31.2. The van der Waals surface area contributed by atoms with Crippen molar-refractivity contribution in [2.24, 2.45) is 5.73 Å². The zero-order valence-electron chi connectivity index (χ0n) is 15.5. The van der Waals surface area contributed by atoms with E-state index in [1.807, 2.05) is 6.92 Å². The van der Waals surface area contributed by atoms with Crippen LogP contribution in [0.4, 0.5) is 4.79 Å². The zero-order valence-corrected chi connectivity index (χ0v) is 16.4. The van der Waals surface area contributed by atoms with Crippen molar-refractivity contribution >= 4 is 19.6 Å². The summed E-state index contributed by atoms with van der Waals surface area (Å²) < 4.78 is 27.9. The Bertz CT molecular complexity index is 494. The predicted molar refractivity (Wildman–Crippen MR) is 93.5 cm³/mol. The van der Waals surface area contributed by atoms with Crippen LogP contribution in [-0.2, 0) is 23.1 Å². The van der Waals surface area contributed by atoms with E-state index in [9.17, 15) is 14.2 Å². The van der Waals surface area contributed by atoms with Crippen molar-refractivity contribution in [3.63, 3.8) is 0 Å². The van der Waals surface area contributed by atoms with E-state index >= 15 is 0 Å². The Kier molecular flexibility index (Phi) is 8.85. The lowest BCUT2D eigenvalue weighted by molar-refractivity contribution is -0.136. The van der Waals surface area contributed by atoms with Crippen LogP contribution in [0.2, 0.25) is 0 Å². The van der Waals surface area contributed by atoms with Crippen LogP contribution < -0.4 is 5.73 Å². The van der Waals surface area contributed by atoms with E-state index in [1.54, 1.807) is 30.6 Å². The third-order valence-electron chi connectivity index (χ3n) is 3.83. The van der Waals surface area contributed by atoms with Crippen molar-refractivity contribution in [1.29, 1.82) is 0 Å². The van der Waals surface area contributed by atoms with Gasteiger partial charge in [0.2, 0.25) is 5.91 Å². The van der Waals surface area contributed by atoms with Crippen LogP contribution >= 0.6 is 7.60 Å². The molecule has 1 rings (SSSR count). The summed E-state index contributed by atoms with van der Waals surface area (Å²) >= 11 is 0. The van der Waals surface area contributed by atoms with Crippen molar-refractivity contribution in [3.05, 3.63) is 0 Å².